The zero-order valence-corrected chi connectivity index (χ0v) is 13.4. The first-order chi connectivity index (χ1) is 11.8. The fraction of sp³-hybridized carbons (Fsp3) is 0.188. The van der Waals surface area contributed by atoms with Gasteiger partial charge in [0, 0.05) is 11.6 Å². The van der Waals surface area contributed by atoms with Crippen LogP contribution in [0.5, 0.6) is 5.75 Å². The number of aromatic nitrogens is 4. The molecule has 0 fully saturated rings. The number of hydrogen-bond acceptors (Lipinski definition) is 5. The van der Waals surface area contributed by atoms with Gasteiger partial charge in [0.05, 0.1) is 18.5 Å². The lowest BCUT2D eigenvalue weighted by Crippen LogP contribution is -2.14. The molecule has 0 atom stereocenters. The summed E-state index contributed by atoms with van der Waals surface area (Å²) in [5.74, 6) is 0.491. The Morgan fingerprint density at radius 1 is 1.08 bits per heavy atom. The molecule has 2 heterocycles. The number of aryl methyl sites for hydroxylation is 1. The Morgan fingerprint density at radius 2 is 1.76 bits per heavy atom. The predicted molar refractivity (Wildman–Crippen MR) is 85.3 cm³/mol. The molecule has 0 spiro atoms. The average molecular weight is 349 g/mol. The standard InChI is InChI=1S/C16H14F3N5O/c1-9-7-14(20)24(23-9)15-21-12(8-13(22-15)16(17,18)19)10-3-5-11(25-2)6-4-10/h3-8H,20H2,1-2H3. The first kappa shape index (κ1) is 16.7. The van der Waals surface area contributed by atoms with E-state index in [1.165, 1.54) is 13.2 Å². The number of halogens is 3. The van der Waals surface area contributed by atoms with Gasteiger partial charge in [0.1, 0.15) is 11.6 Å². The highest BCUT2D eigenvalue weighted by Gasteiger charge is 2.34. The minimum Gasteiger partial charge on any atom is -0.497 e. The van der Waals surface area contributed by atoms with Gasteiger partial charge in [-0.2, -0.15) is 23.0 Å². The molecule has 9 heteroatoms. The maximum Gasteiger partial charge on any atom is 0.433 e. The van der Waals surface area contributed by atoms with Gasteiger partial charge >= 0.3 is 6.18 Å². The van der Waals surface area contributed by atoms with E-state index in [0.29, 0.717) is 17.0 Å². The summed E-state index contributed by atoms with van der Waals surface area (Å²) >= 11 is 0. The Balaban J connectivity index is 2.17. The van der Waals surface area contributed by atoms with Crippen molar-refractivity contribution < 1.29 is 17.9 Å². The second-order valence-electron chi connectivity index (χ2n) is 5.29. The van der Waals surface area contributed by atoms with E-state index in [1.807, 2.05) is 0 Å². The van der Waals surface area contributed by atoms with E-state index >= 15 is 0 Å². The third kappa shape index (κ3) is 3.39. The van der Waals surface area contributed by atoms with Crippen molar-refractivity contribution in [3.63, 3.8) is 0 Å². The lowest BCUT2D eigenvalue weighted by Gasteiger charge is -2.11. The molecule has 2 N–H and O–H groups in total. The van der Waals surface area contributed by atoms with E-state index in [2.05, 4.69) is 15.1 Å². The number of hydrogen-bond donors (Lipinski definition) is 1. The molecule has 0 radical (unpaired) electrons. The van der Waals surface area contributed by atoms with Crippen molar-refractivity contribution in [1.82, 2.24) is 19.7 Å². The van der Waals surface area contributed by atoms with Crippen LogP contribution < -0.4 is 10.5 Å². The summed E-state index contributed by atoms with van der Waals surface area (Å²) in [6, 6.07) is 8.91. The maximum atomic E-state index is 13.2. The van der Waals surface area contributed by atoms with Crippen molar-refractivity contribution in [3.8, 4) is 23.0 Å². The van der Waals surface area contributed by atoms with E-state index < -0.39 is 11.9 Å². The summed E-state index contributed by atoms with van der Waals surface area (Å²) in [4.78, 5) is 7.75. The van der Waals surface area contributed by atoms with Crippen LogP contribution in [0.4, 0.5) is 19.0 Å². The molecule has 130 valence electrons. The summed E-state index contributed by atoms with van der Waals surface area (Å²) in [5.41, 5.74) is 5.84. The number of rotatable bonds is 3. The van der Waals surface area contributed by atoms with Crippen molar-refractivity contribution in [3.05, 3.63) is 47.8 Å². The van der Waals surface area contributed by atoms with Crippen LogP contribution in [-0.2, 0) is 6.18 Å². The summed E-state index contributed by atoms with van der Waals surface area (Å²) in [6.07, 6.45) is -4.63. The van der Waals surface area contributed by atoms with Crippen molar-refractivity contribution >= 4 is 5.82 Å². The lowest BCUT2D eigenvalue weighted by molar-refractivity contribution is -0.141. The van der Waals surface area contributed by atoms with Gasteiger partial charge in [-0.3, -0.25) is 0 Å². The molecule has 3 aromatic rings. The largest absolute Gasteiger partial charge is 0.497 e. The lowest BCUT2D eigenvalue weighted by atomic mass is 10.1. The fourth-order valence-electron chi connectivity index (χ4n) is 2.26. The molecule has 1 aromatic carbocycles. The number of nitrogens with two attached hydrogens (primary N) is 1. The molecule has 25 heavy (non-hydrogen) atoms. The Bertz CT molecular complexity index is 903. The van der Waals surface area contributed by atoms with Gasteiger partial charge < -0.3 is 10.5 Å². The number of benzene rings is 1. The van der Waals surface area contributed by atoms with Gasteiger partial charge in [-0.15, -0.1) is 0 Å². The Kier molecular flexibility index (Phi) is 4.07. The molecule has 0 aliphatic heterocycles. The monoisotopic (exact) mass is 349 g/mol. The van der Waals surface area contributed by atoms with Gasteiger partial charge in [0.25, 0.3) is 5.95 Å². The highest BCUT2D eigenvalue weighted by atomic mass is 19.4. The first-order valence-electron chi connectivity index (χ1n) is 7.21. The van der Waals surface area contributed by atoms with Crippen molar-refractivity contribution in [2.45, 2.75) is 13.1 Å². The average Bonchev–Trinajstić information content (AvgIpc) is 2.92. The molecule has 0 amide bonds. The van der Waals surface area contributed by atoms with Crippen molar-refractivity contribution in [1.29, 1.82) is 0 Å². The zero-order valence-electron chi connectivity index (χ0n) is 13.4. The summed E-state index contributed by atoms with van der Waals surface area (Å²) in [5, 5.41) is 4.05. The highest BCUT2D eigenvalue weighted by molar-refractivity contribution is 5.61. The quantitative estimate of drug-likeness (QED) is 0.785. The van der Waals surface area contributed by atoms with Crippen LogP contribution in [0.1, 0.15) is 11.4 Å². The second kappa shape index (κ2) is 6.08. The smallest absolute Gasteiger partial charge is 0.433 e. The van der Waals surface area contributed by atoms with Crippen LogP contribution in [-0.4, -0.2) is 26.9 Å². The van der Waals surface area contributed by atoms with Crippen LogP contribution in [0.2, 0.25) is 0 Å². The van der Waals surface area contributed by atoms with Crippen LogP contribution in [0.3, 0.4) is 0 Å². The fourth-order valence-corrected chi connectivity index (χ4v) is 2.26. The third-order valence-corrected chi connectivity index (χ3v) is 3.44. The Morgan fingerprint density at radius 3 is 2.28 bits per heavy atom. The summed E-state index contributed by atoms with van der Waals surface area (Å²) in [7, 11) is 1.50. The summed E-state index contributed by atoms with van der Waals surface area (Å²) < 4.78 is 45.8. The van der Waals surface area contributed by atoms with Gasteiger partial charge in [0.2, 0.25) is 0 Å². The van der Waals surface area contributed by atoms with Crippen molar-refractivity contribution in [2.24, 2.45) is 0 Å². The molecule has 3 rings (SSSR count). The van der Waals surface area contributed by atoms with Gasteiger partial charge in [-0.1, -0.05) is 0 Å². The van der Waals surface area contributed by atoms with Crippen LogP contribution in [0.15, 0.2) is 36.4 Å². The number of nitrogen functional groups attached to an aromatic ring is 1. The van der Waals surface area contributed by atoms with E-state index in [1.54, 1.807) is 31.2 Å². The topological polar surface area (TPSA) is 78.8 Å². The van der Waals surface area contributed by atoms with Crippen LogP contribution in [0, 0.1) is 6.92 Å². The first-order valence-corrected chi connectivity index (χ1v) is 7.21. The number of anilines is 1. The number of nitrogens with zero attached hydrogens (tertiary/aromatic N) is 4. The number of methoxy groups -OCH3 is 1. The molecule has 2 aromatic heterocycles. The second-order valence-corrected chi connectivity index (χ2v) is 5.29. The van der Waals surface area contributed by atoms with Gasteiger partial charge in [-0.25, -0.2) is 9.97 Å². The normalized spacial score (nSPS) is 11.6. The SMILES string of the molecule is COc1ccc(-c2cc(C(F)(F)F)nc(-n3nc(C)cc3N)n2)cc1. The summed E-state index contributed by atoms with van der Waals surface area (Å²) in [6.45, 7) is 1.67. The zero-order chi connectivity index (χ0) is 18.2. The van der Waals surface area contributed by atoms with Gasteiger partial charge in [0.15, 0.2) is 5.69 Å². The molecule has 0 saturated heterocycles. The van der Waals surface area contributed by atoms with E-state index in [0.717, 1.165) is 10.7 Å². The van der Waals surface area contributed by atoms with Crippen LogP contribution in [0.25, 0.3) is 17.2 Å². The molecular weight excluding hydrogens is 335 g/mol. The molecule has 0 aliphatic carbocycles. The highest BCUT2D eigenvalue weighted by Crippen LogP contribution is 2.31. The van der Waals surface area contributed by atoms with Crippen LogP contribution >= 0.6 is 0 Å². The van der Waals surface area contributed by atoms with E-state index in [9.17, 15) is 13.2 Å². The Hall–Kier alpha value is -3.10. The predicted octanol–water partition coefficient (Wildman–Crippen LogP) is 3.25. The Labute approximate surface area is 141 Å². The van der Waals surface area contributed by atoms with Gasteiger partial charge in [-0.05, 0) is 37.3 Å². The molecule has 0 unspecified atom stereocenters. The third-order valence-electron chi connectivity index (χ3n) is 3.44. The number of ether oxygens (including phenoxy) is 1. The molecule has 0 aliphatic rings. The molecular formula is C16H14F3N5O. The molecule has 0 saturated carbocycles. The van der Waals surface area contributed by atoms with E-state index in [-0.39, 0.29) is 17.5 Å². The molecule has 6 nitrogen and oxygen atoms in total. The molecule has 0 bridgehead atoms. The number of alkyl halides is 3. The minimum absolute atomic E-state index is 0.104. The van der Waals surface area contributed by atoms with E-state index in [4.69, 9.17) is 10.5 Å². The van der Waals surface area contributed by atoms with Crippen molar-refractivity contribution in [2.75, 3.05) is 12.8 Å². The minimum atomic E-state index is -4.63. The maximum absolute atomic E-state index is 13.2.